The number of hydrogen-bond acceptors (Lipinski definition) is 4. The maximum Gasteiger partial charge on any atom is 0.257 e. The third kappa shape index (κ3) is 2.67. The molecular formula is C14H11FN4O. The SMILES string of the molecule is N#Cc1cc(F)ccc1NC(=O)c1ccc(N)cc1N. The zero-order valence-corrected chi connectivity index (χ0v) is 10.4. The summed E-state index contributed by atoms with van der Waals surface area (Å²) in [4.78, 5) is 12.1. The molecule has 0 bridgehead atoms. The van der Waals surface area contributed by atoms with Gasteiger partial charge in [-0.2, -0.15) is 5.26 Å². The lowest BCUT2D eigenvalue weighted by atomic mass is 10.1. The molecule has 1 amide bonds. The van der Waals surface area contributed by atoms with Crippen molar-refractivity contribution < 1.29 is 9.18 Å². The van der Waals surface area contributed by atoms with E-state index in [0.717, 1.165) is 12.1 Å². The average Bonchev–Trinajstić information content (AvgIpc) is 2.40. The molecular weight excluding hydrogens is 259 g/mol. The van der Waals surface area contributed by atoms with Gasteiger partial charge in [-0.1, -0.05) is 0 Å². The van der Waals surface area contributed by atoms with Gasteiger partial charge >= 0.3 is 0 Å². The molecule has 5 nitrogen and oxygen atoms in total. The van der Waals surface area contributed by atoms with Crippen molar-refractivity contribution in [3.8, 4) is 6.07 Å². The minimum Gasteiger partial charge on any atom is -0.399 e. The summed E-state index contributed by atoms with van der Waals surface area (Å²) < 4.78 is 13.0. The highest BCUT2D eigenvalue weighted by Crippen LogP contribution is 2.20. The van der Waals surface area contributed by atoms with Crippen molar-refractivity contribution in [1.29, 1.82) is 5.26 Å². The van der Waals surface area contributed by atoms with Gasteiger partial charge in [0.05, 0.1) is 16.8 Å². The molecule has 0 aliphatic carbocycles. The molecule has 0 unspecified atom stereocenters. The van der Waals surface area contributed by atoms with Crippen molar-refractivity contribution >= 4 is 23.0 Å². The van der Waals surface area contributed by atoms with Crippen LogP contribution < -0.4 is 16.8 Å². The lowest BCUT2D eigenvalue weighted by molar-refractivity contribution is 0.102. The second kappa shape index (κ2) is 5.28. The Kier molecular flexibility index (Phi) is 3.53. The lowest BCUT2D eigenvalue weighted by Gasteiger charge is -2.09. The molecule has 0 saturated heterocycles. The van der Waals surface area contributed by atoms with E-state index in [2.05, 4.69) is 5.32 Å². The Morgan fingerprint density at radius 1 is 1.20 bits per heavy atom. The first-order valence-corrected chi connectivity index (χ1v) is 5.67. The van der Waals surface area contributed by atoms with E-state index >= 15 is 0 Å². The van der Waals surface area contributed by atoms with Crippen molar-refractivity contribution in [2.45, 2.75) is 0 Å². The lowest BCUT2D eigenvalue weighted by Crippen LogP contribution is -2.15. The molecule has 2 aromatic carbocycles. The van der Waals surface area contributed by atoms with E-state index in [4.69, 9.17) is 16.7 Å². The summed E-state index contributed by atoms with van der Waals surface area (Å²) in [6.07, 6.45) is 0. The number of rotatable bonds is 2. The maximum atomic E-state index is 13.0. The smallest absolute Gasteiger partial charge is 0.257 e. The van der Waals surface area contributed by atoms with Gasteiger partial charge in [-0.15, -0.1) is 0 Å². The summed E-state index contributed by atoms with van der Waals surface area (Å²) in [7, 11) is 0. The second-order valence-electron chi connectivity index (χ2n) is 4.10. The average molecular weight is 270 g/mol. The number of nitrogens with one attached hydrogen (secondary N) is 1. The van der Waals surface area contributed by atoms with E-state index in [1.165, 1.54) is 18.2 Å². The Labute approximate surface area is 114 Å². The highest BCUT2D eigenvalue weighted by Gasteiger charge is 2.12. The molecule has 0 fully saturated rings. The van der Waals surface area contributed by atoms with Crippen LogP contribution in [0.15, 0.2) is 36.4 Å². The largest absolute Gasteiger partial charge is 0.399 e. The van der Waals surface area contributed by atoms with E-state index in [9.17, 15) is 9.18 Å². The number of nitrogens with zero attached hydrogens (tertiary/aromatic N) is 1. The van der Waals surface area contributed by atoms with Crippen LogP contribution in [0, 0.1) is 17.1 Å². The fourth-order valence-corrected chi connectivity index (χ4v) is 1.70. The maximum absolute atomic E-state index is 13.0. The third-order valence-electron chi connectivity index (χ3n) is 2.67. The van der Waals surface area contributed by atoms with Crippen molar-refractivity contribution in [2.24, 2.45) is 0 Å². The van der Waals surface area contributed by atoms with E-state index in [1.54, 1.807) is 6.07 Å². The van der Waals surface area contributed by atoms with Crippen LogP contribution in [0.5, 0.6) is 0 Å². The van der Waals surface area contributed by atoms with Gasteiger partial charge in [0, 0.05) is 11.4 Å². The number of nitrogens with two attached hydrogens (primary N) is 2. The summed E-state index contributed by atoms with van der Waals surface area (Å²) >= 11 is 0. The minimum absolute atomic E-state index is 0.0346. The fraction of sp³-hybridized carbons (Fsp3) is 0. The van der Waals surface area contributed by atoms with Gasteiger partial charge in [-0.3, -0.25) is 4.79 Å². The zero-order chi connectivity index (χ0) is 14.7. The highest BCUT2D eigenvalue weighted by molar-refractivity contribution is 6.08. The van der Waals surface area contributed by atoms with E-state index in [1.807, 2.05) is 6.07 Å². The molecule has 0 heterocycles. The van der Waals surface area contributed by atoms with Gasteiger partial charge in [0.25, 0.3) is 5.91 Å². The van der Waals surface area contributed by atoms with Gasteiger partial charge in [-0.25, -0.2) is 4.39 Å². The van der Waals surface area contributed by atoms with Crippen LogP contribution in [-0.2, 0) is 0 Å². The summed E-state index contributed by atoms with van der Waals surface area (Å²) in [5, 5.41) is 11.4. The number of nitriles is 1. The molecule has 0 radical (unpaired) electrons. The monoisotopic (exact) mass is 270 g/mol. The fourth-order valence-electron chi connectivity index (χ4n) is 1.70. The van der Waals surface area contributed by atoms with Gasteiger partial charge in [0.2, 0.25) is 0 Å². The first-order chi connectivity index (χ1) is 9.51. The third-order valence-corrected chi connectivity index (χ3v) is 2.67. The molecule has 0 atom stereocenters. The highest BCUT2D eigenvalue weighted by atomic mass is 19.1. The van der Waals surface area contributed by atoms with Gasteiger partial charge in [0.1, 0.15) is 11.9 Å². The quantitative estimate of drug-likeness (QED) is 0.727. The predicted octanol–water partition coefficient (Wildman–Crippen LogP) is 2.11. The minimum atomic E-state index is -0.549. The van der Waals surface area contributed by atoms with Crippen LogP contribution in [0.4, 0.5) is 21.5 Å². The number of halogens is 1. The Morgan fingerprint density at radius 3 is 2.60 bits per heavy atom. The number of anilines is 3. The topological polar surface area (TPSA) is 105 Å². The van der Waals surface area contributed by atoms with Crippen LogP contribution in [-0.4, -0.2) is 5.91 Å². The normalized spacial score (nSPS) is 9.80. The number of benzene rings is 2. The molecule has 100 valence electrons. The molecule has 0 aromatic heterocycles. The molecule has 0 aliphatic heterocycles. The molecule has 20 heavy (non-hydrogen) atoms. The standard InChI is InChI=1S/C14H11FN4O/c15-9-1-4-13(8(5-9)7-16)19-14(20)11-3-2-10(17)6-12(11)18/h1-6H,17-18H2,(H,19,20). The van der Waals surface area contributed by atoms with Gasteiger partial charge in [-0.05, 0) is 36.4 Å². The Hall–Kier alpha value is -3.07. The van der Waals surface area contributed by atoms with Gasteiger partial charge < -0.3 is 16.8 Å². The Bertz CT molecular complexity index is 722. The molecule has 2 rings (SSSR count). The number of amides is 1. The molecule has 2 aromatic rings. The Balaban J connectivity index is 2.31. The van der Waals surface area contributed by atoms with Crippen molar-refractivity contribution in [1.82, 2.24) is 0 Å². The number of carbonyl (C=O) groups is 1. The van der Waals surface area contributed by atoms with Crippen LogP contribution in [0.25, 0.3) is 0 Å². The summed E-state index contributed by atoms with van der Waals surface area (Å²) in [6, 6.07) is 9.82. The molecule has 6 heteroatoms. The molecule has 0 saturated carbocycles. The van der Waals surface area contributed by atoms with Gasteiger partial charge in [0.15, 0.2) is 0 Å². The van der Waals surface area contributed by atoms with Crippen LogP contribution in [0.1, 0.15) is 15.9 Å². The Morgan fingerprint density at radius 2 is 1.95 bits per heavy atom. The van der Waals surface area contributed by atoms with Crippen molar-refractivity contribution in [3.63, 3.8) is 0 Å². The van der Waals surface area contributed by atoms with Crippen molar-refractivity contribution in [3.05, 3.63) is 53.3 Å². The first kappa shape index (κ1) is 13.4. The number of hydrogen-bond donors (Lipinski definition) is 3. The summed E-state index contributed by atoms with van der Waals surface area (Å²) in [6.45, 7) is 0. The number of nitrogen functional groups attached to an aromatic ring is 2. The first-order valence-electron chi connectivity index (χ1n) is 5.67. The molecule has 0 spiro atoms. The number of carbonyl (C=O) groups excluding carboxylic acids is 1. The summed E-state index contributed by atoms with van der Waals surface area (Å²) in [5.74, 6) is -1.04. The summed E-state index contributed by atoms with van der Waals surface area (Å²) in [5.41, 5.74) is 12.4. The van der Waals surface area contributed by atoms with Crippen LogP contribution in [0.3, 0.4) is 0 Å². The van der Waals surface area contributed by atoms with Crippen LogP contribution >= 0.6 is 0 Å². The zero-order valence-electron chi connectivity index (χ0n) is 10.4. The molecule has 5 N–H and O–H groups in total. The van der Waals surface area contributed by atoms with E-state index in [-0.39, 0.29) is 22.5 Å². The van der Waals surface area contributed by atoms with E-state index < -0.39 is 11.7 Å². The van der Waals surface area contributed by atoms with Crippen LogP contribution in [0.2, 0.25) is 0 Å². The van der Waals surface area contributed by atoms with E-state index in [0.29, 0.717) is 5.69 Å². The predicted molar refractivity (Wildman–Crippen MR) is 74.3 cm³/mol. The molecule has 0 aliphatic rings. The second-order valence-corrected chi connectivity index (χ2v) is 4.10. The van der Waals surface area contributed by atoms with Crippen molar-refractivity contribution in [2.75, 3.05) is 16.8 Å².